The van der Waals surface area contributed by atoms with Crippen LogP contribution in [-0.4, -0.2) is 45.5 Å². The SMILES string of the molecule is CNc1nc(NC[C@H](C)c2ccccc2)nc(NC2(C(=O)NCc3ccccc3SC(F)(F)F)CCCCC2)n1. The third-order valence-corrected chi connectivity index (χ3v) is 7.77. The van der Waals surface area contributed by atoms with Gasteiger partial charge in [-0.2, -0.15) is 28.1 Å². The van der Waals surface area contributed by atoms with Crippen LogP contribution >= 0.6 is 11.8 Å². The van der Waals surface area contributed by atoms with Crippen LogP contribution in [0, 0.1) is 0 Å². The van der Waals surface area contributed by atoms with Gasteiger partial charge in [-0.1, -0.05) is 74.7 Å². The lowest BCUT2D eigenvalue weighted by Crippen LogP contribution is -2.53. The molecule has 40 heavy (non-hydrogen) atoms. The highest BCUT2D eigenvalue weighted by molar-refractivity contribution is 8.00. The van der Waals surface area contributed by atoms with Crippen molar-refractivity contribution in [1.82, 2.24) is 20.3 Å². The molecule has 0 bridgehead atoms. The van der Waals surface area contributed by atoms with Crippen LogP contribution < -0.4 is 21.3 Å². The van der Waals surface area contributed by atoms with E-state index in [1.54, 1.807) is 25.2 Å². The van der Waals surface area contributed by atoms with E-state index in [4.69, 9.17) is 0 Å². The van der Waals surface area contributed by atoms with Crippen molar-refractivity contribution in [3.8, 4) is 0 Å². The average molecular weight is 574 g/mol. The maximum Gasteiger partial charge on any atom is 0.446 e. The topological polar surface area (TPSA) is 104 Å². The molecule has 4 rings (SSSR count). The van der Waals surface area contributed by atoms with Crippen LogP contribution in [0.25, 0.3) is 0 Å². The van der Waals surface area contributed by atoms with Crippen molar-refractivity contribution in [3.05, 3.63) is 65.7 Å². The number of anilines is 3. The molecule has 1 heterocycles. The number of amides is 1. The molecule has 3 aromatic rings. The average Bonchev–Trinajstić information content (AvgIpc) is 2.95. The number of benzene rings is 2. The van der Waals surface area contributed by atoms with Gasteiger partial charge in [0.15, 0.2) is 0 Å². The Morgan fingerprint density at radius 3 is 2.30 bits per heavy atom. The second-order valence-electron chi connectivity index (χ2n) is 9.85. The maximum atomic E-state index is 13.6. The minimum Gasteiger partial charge on any atom is -0.357 e. The summed E-state index contributed by atoms with van der Waals surface area (Å²) in [5, 5.41) is 12.4. The lowest BCUT2D eigenvalue weighted by molar-refractivity contribution is -0.126. The molecule has 8 nitrogen and oxygen atoms in total. The minimum absolute atomic E-state index is 0.0232. The van der Waals surface area contributed by atoms with Crippen molar-refractivity contribution in [1.29, 1.82) is 0 Å². The van der Waals surface area contributed by atoms with Gasteiger partial charge in [0.05, 0.1) is 0 Å². The third-order valence-electron chi connectivity index (χ3n) is 6.92. The van der Waals surface area contributed by atoms with Gasteiger partial charge in [0.1, 0.15) is 5.54 Å². The molecule has 1 saturated carbocycles. The van der Waals surface area contributed by atoms with Crippen molar-refractivity contribution in [2.45, 2.75) is 67.4 Å². The van der Waals surface area contributed by atoms with Crippen LogP contribution in [0.3, 0.4) is 0 Å². The number of hydrogen-bond acceptors (Lipinski definition) is 8. The van der Waals surface area contributed by atoms with Crippen molar-refractivity contribution < 1.29 is 18.0 Å². The molecular formula is C28H34F3N7OS. The summed E-state index contributed by atoms with van der Waals surface area (Å²) in [6, 6.07) is 16.3. The van der Waals surface area contributed by atoms with E-state index in [-0.39, 0.29) is 41.0 Å². The highest BCUT2D eigenvalue weighted by Gasteiger charge is 2.40. The van der Waals surface area contributed by atoms with E-state index in [9.17, 15) is 18.0 Å². The van der Waals surface area contributed by atoms with E-state index >= 15 is 0 Å². The van der Waals surface area contributed by atoms with Gasteiger partial charge in [0.25, 0.3) is 0 Å². The highest BCUT2D eigenvalue weighted by atomic mass is 32.2. The summed E-state index contributed by atoms with van der Waals surface area (Å²) in [4.78, 5) is 27.1. The number of rotatable bonds is 11. The fourth-order valence-corrected chi connectivity index (χ4v) is 5.43. The van der Waals surface area contributed by atoms with Gasteiger partial charge in [-0.3, -0.25) is 4.79 Å². The second-order valence-corrected chi connectivity index (χ2v) is 11.0. The molecule has 0 aliphatic heterocycles. The normalized spacial score (nSPS) is 15.6. The fraction of sp³-hybridized carbons (Fsp3) is 0.429. The summed E-state index contributed by atoms with van der Waals surface area (Å²) in [5.74, 6) is 0.879. The summed E-state index contributed by atoms with van der Waals surface area (Å²) in [5.41, 5.74) is -3.82. The number of nitrogens with one attached hydrogen (secondary N) is 4. The van der Waals surface area contributed by atoms with Crippen LogP contribution in [0.2, 0.25) is 0 Å². The highest BCUT2D eigenvalue weighted by Crippen LogP contribution is 2.38. The zero-order chi connectivity index (χ0) is 28.6. The van der Waals surface area contributed by atoms with E-state index < -0.39 is 11.0 Å². The number of carbonyl (C=O) groups is 1. The van der Waals surface area contributed by atoms with E-state index in [2.05, 4.69) is 55.3 Å². The molecular weight excluding hydrogens is 539 g/mol. The van der Waals surface area contributed by atoms with Gasteiger partial charge in [-0.05, 0) is 47.7 Å². The Kier molecular flexibility index (Phi) is 9.72. The standard InChI is InChI=1S/C28H34F3N7OS/c1-19(20-11-5-3-6-12-20)17-34-25-35-24(32-2)36-26(37-25)38-27(15-9-4-10-16-27)23(39)33-18-21-13-7-8-14-22(21)40-28(29,30)31/h3,5-8,11-14,19H,4,9-10,15-18H2,1-2H3,(H,33,39)(H3,32,34,35,36,37,38)/t19-/m0/s1. The van der Waals surface area contributed by atoms with E-state index in [1.165, 1.54) is 11.6 Å². The first-order valence-electron chi connectivity index (χ1n) is 13.3. The zero-order valence-corrected chi connectivity index (χ0v) is 23.3. The summed E-state index contributed by atoms with van der Waals surface area (Å²) in [6.45, 7) is 2.68. The lowest BCUT2D eigenvalue weighted by Gasteiger charge is -2.36. The zero-order valence-electron chi connectivity index (χ0n) is 22.5. The first kappa shape index (κ1) is 29.4. The van der Waals surface area contributed by atoms with Gasteiger partial charge in [-0.15, -0.1) is 0 Å². The molecule has 0 saturated heterocycles. The van der Waals surface area contributed by atoms with E-state index in [0.29, 0.717) is 36.8 Å². The first-order valence-corrected chi connectivity index (χ1v) is 14.1. The van der Waals surface area contributed by atoms with Crippen LogP contribution in [0.5, 0.6) is 0 Å². The molecule has 0 spiro atoms. The Hall–Kier alpha value is -3.54. The van der Waals surface area contributed by atoms with Crippen molar-refractivity contribution >= 4 is 35.5 Å². The minimum atomic E-state index is -4.42. The molecule has 2 aromatic carbocycles. The Bertz CT molecular complexity index is 1270. The largest absolute Gasteiger partial charge is 0.446 e. The van der Waals surface area contributed by atoms with Crippen molar-refractivity contribution in [3.63, 3.8) is 0 Å². The summed E-state index contributed by atoms with van der Waals surface area (Å²) < 4.78 is 39.1. The van der Waals surface area contributed by atoms with Crippen LogP contribution in [0.15, 0.2) is 59.5 Å². The first-order chi connectivity index (χ1) is 19.2. The van der Waals surface area contributed by atoms with Crippen molar-refractivity contribution in [2.75, 3.05) is 29.5 Å². The molecule has 1 fully saturated rings. The van der Waals surface area contributed by atoms with Crippen molar-refractivity contribution in [2.24, 2.45) is 0 Å². The number of halogens is 3. The smallest absolute Gasteiger partial charge is 0.357 e. The lowest BCUT2D eigenvalue weighted by atomic mass is 9.81. The molecule has 1 aliphatic carbocycles. The maximum absolute atomic E-state index is 13.6. The second kappa shape index (κ2) is 13.2. The molecule has 1 aliphatic rings. The summed E-state index contributed by atoms with van der Waals surface area (Å²) >= 11 is -0.181. The molecule has 12 heteroatoms. The monoisotopic (exact) mass is 573 g/mol. The van der Waals surface area contributed by atoms with Crippen LogP contribution in [0.4, 0.5) is 31.0 Å². The number of carbonyl (C=O) groups excluding carboxylic acids is 1. The molecule has 1 atom stereocenters. The number of thioether (sulfide) groups is 1. The van der Waals surface area contributed by atoms with Gasteiger partial charge in [-0.25, -0.2) is 0 Å². The molecule has 0 unspecified atom stereocenters. The van der Waals surface area contributed by atoms with Gasteiger partial charge in [0.2, 0.25) is 23.8 Å². The summed E-state index contributed by atoms with van der Waals surface area (Å²) in [6.07, 6.45) is 3.73. The van der Waals surface area contributed by atoms with E-state index in [0.717, 1.165) is 19.3 Å². The molecule has 214 valence electrons. The van der Waals surface area contributed by atoms with Crippen LogP contribution in [0.1, 0.15) is 56.1 Å². The number of hydrogen-bond donors (Lipinski definition) is 4. The predicted octanol–water partition coefficient (Wildman–Crippen LogP) is 6.17. The van der Waals surface area contributed by atoms with Gasteiger partial charge >= 0.3 is 5.51 Å². The van der Waals surface area contributed by atoms with Crippen LogP contribution in [-0.2, 0) is 11.3 Å². The van der Waals surface area contributed by atoms with Gasteiger partial charge in [0, 0.05) is 25.0 Å². The molecule has 4 N–H and O–H groups in total. The molecule has 1 aromatic heterocycles. The Morgan fingerprint density at radius 2 is 1.60 bits per heavy atom. The molecule has 1 amide bonds. The summed E-state index contributed by atoms with van der Waals surface area (Å²) in [7, 11) is 1.70. The Balaban J connectivity index is 1.49. The number of alkyl halides is 3. The predicted molar refractivity (Wildman–Crippen MR) is 152 cm³/mol. The molecule has 0 radical (unpaired) electrons. The van der Waals surface area contributed by atoms with E-state index in [1.807, 2.05) is 18.2 Å². The Labute approximate surface area is 236 Å². The quantitative estimate of drug-likeness (QED) is 0.202. The Morgan fingerprint density at radius 1 is 0.950 bits per heavy atom. The fourth-order valence-electron chi connectivity index (χ4n) is 4.76. The van der Waals surface area contributed by atoms with Gasteiger partial charge < -0.3 is 21.3 Å². The third kappa shape index (κ3) is 8.00. The number of nitrogens with zero attached hydrogens (tertiary/aromatic N) is 3. The number of aromatic nitrogens is 3.